The lowest BCUT2D eigenvalue weighted by Gasteiger charge is -2.30. The second-order valence-corrected chi connectivity index (χ2v) is 9.54. The number of aliphatic carboxylic acids is 1. The molecule has 4 rings (SSSR count). The lowest BCUT2D eigenvalue weighted by Crippen LogP contribution is -2.44. The number of nitrogens with two attached hydrogens (primary N) is 1. The Bertz CT molecular complexity index is 991. The van der Waals surface area contributed by atoms with E-state index in [1.807, 2.05) is 18.7 Å². The van der Waals surface area contributed by atoms with Crippen LogP contribution in [0.15, 0.2) is 17.7 Å². The van der Waals surface area contributed by atoms with Crippen LogP contribution in [0.3, 0.4) is 0 Å². The zero-order chi connectivity index (χ0) is 23.4. The summed E-state index contributed by atoms with van der Waals surface area (Å²) >= 11 is 0. The van der Waals surface area contributed by atoms with Crippen LogP contribution in [0.25, 0.3) is 0 Å². The van der Waals surface area contributed by atoms with Gasteiger partial charge in [-0.1, -0.05) is 13.0 Å². The van der Waals surface area contributed by atoms with Crippen LogP contribution in [-0.4, -0.2) is 48.8 Å². The predicted octanol–water partition coefficient (Wildman–Crippen LogP) is 3.83. The van der Waals surface area contributed by atoms with Gasteiger partial charge in [-0.2, -0.15) is 0 Å². The molecule has 5 atom stereocenters. The third kappa shape index (κ3) is 3.68. The van der Waals surface area contributed by atoms with Gasteiger partial charge in [0.05, 0.1) is 7.11 Å². The smallest absolute Gasteiger partial charge is 0.339 e. The van der Waals surface area contributed by atoms with Crippen LogP contribution >= 0.6 is 0 Å². The van der Waals surface area contributed by atoms with Crippen LogP contribution in [0.1, 0.15) is 61.4 Å². The molecule has 1 aromatic rings. The van der Waals surface area contributed by atoms with Crippen molar-refractivity contribution in [2.75, 3.05) is 25.1 Å². The summed E-state index contributed by atoms with van der Waals surface area (Å²) in [5.74, 6) is -3.12. The monoisotopic (exact) mass is 448 g/mol. The molecule has 8 heteroatoms. The highest BCUT2D eigenvalue weighted by Crippen LogP contribution is 2.54. The second-order valence-electron chi connectivity index (χ2n) is 9.54. The summed E-state index contributed by atoms with van der Waals surface area (Å²) in [6.45, 7) is 4.92. The van der Waals surface area contributed by atoms with E-state index in [4.69, 9.17) is 10.5 Å². The molecule has 0 aromatic heterocycles. The van der Waals surface area contributed by atoms with Gasteiger partial charge in [-0.15, -0.1) is 0 Å². The highest BCUT2D eigenvalue weighted by atomic mass is 19.1. The quantitative estimate of drug-likeness (QED) is 0.665. The molecule has 0 spiro atoms. The Morgan fingerprint density at radius 2 is 2.12 bits per heavy atom. The van der Waals surface area contributed by atoms with Gasteiger partial charge in [0.1, 0.15) is 23.2 Å². The number of benzene rings is 1. The predicted molar refractivity (Wildman–Crippen MR) is 117 cm³/mol. The molecular formula is C24H30F2N2O4. The molecule has 2 fully saturated rings. The molecule has 2 aliphatic carbocycles. The lowest BCUT2D eigenvalue weighted by molar-refractivity contribution is -0.132. The fourth-order valence-corrected chi connectivity index (χ4v) is 5.53. The number of hydrogen-bond acceptors (Lipinski definition) is 5. The number of hydrogen-bond donors (Lipinski definition) is 2. The van der Waals surface area contributed by atoms with Gasteiger partial charge >= 0.3 is 5.97 Å². The first kappa shape index (κ1) is 22.7. The normalized spacial score (nSPS) is 33.8. The SMILES string of the molecule is CCC1CN(c2c(F)cc3c(c2OC)[C@@H](C2C[C@@H]2F)CC/C=C(/C(=O)O)C3=O)C[C@]1(C)N. The lowest BCUT2D eigenvalue weighted by atomic mass is 9.80. The van der Waals surface area contributed by atoms with E-state index in [2.05, 4.69) is 0 Å². The Labute approximate surface area is 186 Å². The van der Waals surface area contributed by atoms with E-state index in [0.717, 1.165) is 12.5 Å². The molecule has 1 aliphatic heterocycles. The molecule has 1 aromatic carbocycles. The minimum atomic E-state index is -1.36. The molecule has 3 N–H and O–H groups in total. The molecule has 0 radical (unpaired) electrons. The van der Waals surface area contributed by atoms with Crippen LogP contribution in [0.2, 0.25) is 0 Å². The summed E-state index contributed by atoms with van der Waals surface area (Å²) in [4.78, 5) is 26.7. The zero-order valence-corrected chi connectivity index (χ0v) is 18.7. The van der Waals surface area contributed by atoms with Gasteiger partial charge in [0.25, 0.3) is 0 Å². The maximum atomic E-state index is 15.6. The van der Waals surface area contributed by atoms with E-state index < -0.39 is 34.9 Å². The van der Waals surface area contributed by atoms with Crippen molar-refractivity contribution in [3.63, 3.8) is 0 Å². The number of allylic oxidation sites excluding steroid dienone is 1. The van der Waals surface area contributed by atoms with Crippen molar-refractivity contribution in [1.29, 1.82) is 0 Å². The Morgan fingerprint density at radius 1 is 1.44 bits per heavy atom. The van der Waals surface area contributed by atoms with Crippen LogP contribution < -0.4 is 15.4 Å². The van der Waals surface area contributed by atoms with Gasteiger partial charge in [0.15, 0.2) is 5.82 Å². The number of fused-ring (bicyclic) bond motifs is 1. The number of anilines is 1. The molecule has 3 aliphatic rings. The summed E-state index contributed by atoms with van der Waals surface area (Å²) in [6.07, 6.45) is 2.34. The molecule has 2 unspecified atom stereocenters. The van der Waals surface area contributed by atoms with E-state index in [1.54, 1.807) is 0 Å². The first-order valence-electron chi connectivity index (χ1n) is 11.2. The van der Waals surface area contributed by atoms with Crippen molar-refractivity contribution in [3.8, 4) is 5.75 Å². The molecule has 174 valence electrons. The van der Waals surface area contributed by atoms with Gasteiger partial charge in [-0.05, 0) is 56.4 Å². The third-order valence-corrected chi connectivity index (χ3v) is 7.36. The first-order chi connectivity index (χ1) is 15.1. The molecule has 1 saturated carbocycles. The van der Waals surface area contributed by atoms with Crippen molar-refractivity contribution in [3.05, 3.63) is 34.7 Å². The van der Waals surface area contributed by atoms with Crippen LogP contribution in [0, 0.1) is 17.7 Å². The Hall–Kier alpha value is -2.48. The average Bonchev–Trinajstić information content (AvgIpc) is 3.35. The van der Waals surface area contributed by atoms with E-state index in [-0.39, 0.29) is 34.8 Å². The van der Waals surface area contributed by atoms with E-state index >= 15 is 4.39 Å². The number of carbonyl (C=O) groups is 2. The van der Waals surface area contributed by atoms with Crippen molar-refractivity contribution in [2.45, 2.75) is 57.2 Å². The van der Waals surface area contributed by atoms with Crippen LogP contribution in [-0.2, 0) is 4.79 Å². The van der Waals surface area contributed by atoms with Gasteiger partial charge in [0, 0.05) is 29.8 Å². The first-order valence-corrected chi connectivity index (χ1v) is 11.2. The molecule has 6 nitrogen and oxygen atoms in total. The highest BCUT2D eigenvalue weighted by Gasteiger charge is 2.48. The fraction of sp³-hybridized carbons (Fsp3) is 0.583. The maximum Gasteiger partial charge on any atom is 0.339 e. The summed E-state index contributed by atoms with van der Waals surface area (Å²) in [6, 6.07) is 1.10. The number of ether oxygens (including phenoxy) is 1. The molecule has 0 bridgehead atoms. The minimum Gasteiger partial charge on any atom is -0.494 e. The standard InChI is InChI=1S/C24H30F2N2O4/c1-4-12-10-28(11-24(12,2)27)20-18(26)9-16-19(22(20)32-3)13(15-8-17(15)25)6-5-7-14(21(16)29)23(30)31/h7,9,12-13,15,17H,4-6,8,10-11,27H2,1-3H3,(H,30,31)/b14-7+/t12?,13-,15?,17+,24+/m1/s1. The number of carboxylic acid groups (broad SMARTS) is 1. The molecular weight excluding hydrogens is 418 g/mol. The number of methoxy groups -OCH3 is 1. The zero-order valence-electron chi connectivity index (χ0n) is 18.7. The second kappa shape index (κ2) is 8.14. The number of halogens is 2. The number of ketones is 1. The molecule has 1 saturated heterocycles. The summed E-state index contributed by atoms with van der Waals surface area (Å²) < 4.78 is 35.4. The van der Waals surface area contributed by atoms with Crippen molar-refractivity contribution < 1.29 is 28.2 Å². The van der Waals surface area contributed by atoms with Gasteiger partial charge < -0.3 is 20.5 Å². The topological polar surface area (TPSA) is 92.9 Å². The maximum absolute atomic E-state index is 15.6. The van der Waals surface area contributed by atoms with Crippen molar-refractivity contribution in [1.82, 2.24) is 0 Å². The molecule has 0 amide bonds. The van der Waals surface area contributed by atoms with Crippen molar-refractivity contribution in [2.24, 2.45) is 17.6 Å². The largest absolute Gasteiger partial charge is 0.494 e. The van der Waals surface area contributed by atoms with E-state index in [0.29, 0.717) is 37.9 Å². The summed E-state index contributed by atoms with van der Waals surface area (Å²) in [7, 11) is 1.40. The van der Waals surface area contributed by atoms with Crippen molar-refractivity contribution >= 4 is 17.4 Å². The Kier molecular flexibility index (Phi) is 5.77. The fourth-order valence-electron chi connectivity index (χ4n) is 5.53. The molecule has 1 heterocycles. The number of carboxylic acids is 1. The number of rotatable bonds is 5. The number of nitrogens with zero attached hydrogens (tertiary/aromatic N) is 1. The number of alkyl halides is 1. The Morgan fingerprint density at radius 3 is 2.66 bits per heavy atom. The average molecular weight is 449 g/mol. The summed E-state index contributed by atoms with van der Waals surface area (Å²) in [5, 5.41) is 9.52. The van der Waals surface area contributed by atoms with Gasteiger partial charge in [-0.25, -0.2) is 13.6 Å². The van der Waals surface area contributed by atoms with Crippen LogP contribution in [0.5, 0.6) is 5.75 Å². The number of carbonyl (C=O) groups excluding carboxylic acids is 1. The van der Waals surface area contributed by atoms with E-state index in [1.165, 1.54) is 13.2 Å². The molecule has 32 heavy (non-hydrogen) atoms. The van der Waals surface area contributed by atoms with Gasteiger partial charge in [0.2, 0.25) is 5.78 Å². The van der Waals surface area contributed by atoms with E-state index in [9.17, 15) is 19.1 Å². The minimum absolute atomic E-state index is 0.0534. The van der Waals surface area contributed by atoms with Crippen LogP contribution in [0.4, 0.5) is 14.5 Å². The Balaban J connectivity index is 1.91. The third-order valence-electron chi connectivity index (χ3n) is 7.36. The van der Waals surface area contributed by atoms with Gasteiger partial charge in [-0.3, -0.25) is 4.79 Å². The summed E-state index contributed by atoms with van der Waals surface area (Å²) in [5.41, 5.74) is 6.15. The highest BCUT2D eigenvalue weighted by molar-refractivity contribution is 6.24. The number of Topliss-reactive ketones (excluding diaryl/α,β-unsaturated/α-hetero) is 1.